The van der Waals surface area contributed by atoms with Crippen molar-refractivity contribution < 1.29 is 4.79 Å². The van der Waals surface area contributed by atoms with E-state index in [1.165, 1.54) is 11.1 Å². The van der Waals surface area contributed by atoms with E-state index in [1.807, 2.05) is 29.0 Å². The number of hydrogen-bond acceptors (Lipinski definition) is 3. The number of fused-ring (bicyclic) bond motifs is 1. The number of nitrogens with zero attached hydrogens (tertiary/aromatic N) is 3. The third kappa shape index (κ3) is 2.70. The van der Waals surface area contributed by atoms with Crippen molar-refractivity contribution >= 4 is 5.78 Å². The lowest BCUT2D eigenvalue weighted by molar-refractivity contribution is -0.116. The first-order chi connectivity index (χ1) is 11.6. The lowest BCUT2D eigenvalue weighted by Gasteiger charge is -2.44. The molecule has 4 nitrogen and oxygen atoms in total. The van der Waals surface area contributed by atoms with E-state index in [0.717, 1.165) is 37.9 Å². The molecule has 24 heavy (non-hydrogen) atoms. The van der Waals surface area contributed by atoms with Gasteiger partial charge in [-0.1, -0.05) is 48.0 Å². The average molecular weight is 321 g/mol. The monoisotopic (exact) mass is 321 g/mol. The van der Waals surface area contributed by atoms with E-state index < -0.39 is 0 Å². The van der Waals surface area contributed by atoms with Gasteiger partial charge in [-0.25, -0.2) is 4.68 Å². The number of aromatic nitrogens is 3. The minimum Gasteiger partial charge on any atom is -0.295 e. The highest BCUT2D eigenvalue weighted by Crippen LogP contribution is 2.54. The van der Waals surface area contributed by atoms with Crippen molar-refractivity contribution in [2.45, 2.75) is 51.5 Å². The molecule has 1 fully saturated rings. The van der Waals surface area contributed by atoms with Crippen LogP contribution in [0.25, 0.3) is 0 Å². The van der Waals surface area contributed by atoms with Crippen LogP contribution in [0.4, 0.5) is 0 Å². The van der Waals surface area contributed by atoms with Gasteiger partial charge in [0.25, 0.3) is 0 Å². The van der Waals surface area contributed by atoms with Gasteiger partial charge in [-0.3, -0.25) is 4.79 Å². The summed E-state index contributed by atoms with van der Waals surface area (Å²) in [6.07, 6.45) is 8.92. The fourth-order valence-electron chi connectivity index (χ4n) is 4.34. The molecule has 0 spiro atoms. The van der Waals surface area contributed by atoms with Gasteiger partial charge in [0.1, 0.15) is 0 Å². The van der Waals surface area contributed by atoms with Gasteiger partial charge < -0.3 is 0 Å². The zero-order chi connectivity index (χ0) is 16.6. The Hall–Kier alpha value is -2.23. The van der Waals surface area contributed by atoms with Crippen LogP contribution in [-0.2, 0) is 11.3 Å². The maximum atomic E-state index is 11.8. The highest BCUT2D eigenvalue weighted by atomic mass is 16.1. The first-order valence-electron chi connectivity index (χ1n) is 8.83. The van der Waals surface area contributed by atoms with Gasteiger partial charge in [0.2, 0.25) is 0 Å². The summed E-state index contributed by atoms with van der Waals surface area (Å²) in [5, 5.41) is 8.84. The SMILES string of the molecule is C[C@]12CCC(=O)C=C1CCC[C@@H]2c1cn(Cc2ccccc2)nn1. The Morgan fingerprint density at radius 2 is 2.08 bits per heavy atom. The predicted octanol–water partition coefficient (Wildman–Crippen LogP) is 3.89. The highest BCUT2D eigenvalue weighted by molar-refractivity contribution is 5.91. The van der Waals surface area contributed by atoms with Gasteiger partial charge in [-0.15, -0.1) is 5.10 Å². The Labute approximate surface area is 142 Å². The second-order valence-corrected chi connectivity index (χ2v) is 7.32. The molecule has 1 heterocycles. The molecule has 2 aliphatic rings. The summed E-state index contributed by atoms with van der Waals surface area (Å²) in [6.45, 7) is 3.06. The molecule has 1 aromatic carbocycles. The predicted molar refractivity (Wildman–Crippen MR) is 92.6 cm³/mol. The summed E-state index contributed by atoms with van der Waals surface area (Å²) in [6, 6.07) is 10.3. The van der Waals surface area contributed by atoms with E-state index in [2.05, 4.69) is 35.6 Å². The minimum absolute atomic E-state index is 0.0692. The molecule has 2 atom stereocenters. The van der Waals surface area contributed by atoms with Crippen LogP contribution >= 0.6 is 0 Å². The first kappa shape index (κ1) is 15.3. The van der Waals surface area contributed by atoms with Crippen LogP contribution in [0.3, 0.4) is 0 Å². The summed E-state index contributed by atoms with van der Waals surface area (Å²) < 4.78 is 1.93. The normalized spacial score (nSPS) is 26.8. The fourth-order valence-corrected chi connectivity index (χ4v) is 4.34. The van der Waals surface area contributed by atoms with Crippen molar-refractivity contribution in [3.8, 4) is 0 Å². The summed E-state index contributed by atoms with van der Waals surface area (Å²) >= 11 is 0. The second-order valence-electron chi connectivity index (χ2n) is 7.32. The summed E-state index contributed by atoms with van der Waals surface area (Å²) in [4.78, 5) is 11.8. The van der Waals surface area contributed by atoms with E-state index >= 15 is 0 Å². The Bertz CT molecular complexity index is 777. The number of carbonyl (C=O) groups is 1. The van der Waals surface area contributed by atoms with Crippen molar-refractivity contribution in [3.05, 3.63) is 59.4 Å². The topological polar surface area (TPSA) is 47.8 Å². The second kappa shape index (κ2) is 6.00. The van der Waals surface area contributed by atoms with E-state index in [9.17, 15) is 4.79 Å². The maximum absolute atomic E-state index is 11.8. The zero-order valence-electron chi connectivity index (χ0n) is 14.1. The van der Waals surface area contributed by atoms with Crippen LogP contribution in [0.15, 0.2) is 48.2 Å². The molecule has 0 amide bonds. The van der Waals surface area contributed by atoms with Crippen molar-refractivity contribution in [2.24, 2.45) is 5.41 Å². The largest absolute Gasteiger partial charge is 0.295 e. The minimum atomic E-state index is 0.0692. The summed E-state index contributed by atoms with van der Waals surface area (Å²) in [7, 11) is 0. The molecule has 1 saturated carbocycles. The summed E-state index contributed by atoms with van der Waals surface area (Å²) in [5.74, 6) is 0.658. The Morgan fingerprint density at radius 1 is 1.25 bits per heavy atom. The molecular weight excluding hydrogens is 298 g/mol. The van der Waals surface area contributed by atoms with Crippen LogP contribution in [0.5, 0.6) is 0 Å². The van der Waals surface area contributed by atoms with E-state index in [0.29, 0.717) is 12.3 Å². The number of benzene rings is 1. The summed E-state index contributed by atoms with van der Waals surface area (Å²) in [5.41, 5.74) is 3.70. The van der Waals surface area contributed by atoms with E-state index in [1.54, 1.807) is 0 Å². The van der Waals surface area contributed by atoms with Gasteiger partial charge in [0, 0.05) is 18.5 Å². The Morgan fingerprint density at radius 3 is 2.92 bits per heavy atom. The maximum Gasteiger partial charge on any atom is 0.155 e. The molecule has 2 aromatic rings. The van der Waals surface area contributed by atoms with Crippen LogP contribution in [0, 0.1) is 5.41 Å². The number of allylic oxidation sites excluding steroid dienone is 2. The number of carbonyl (C=O) groups excluding carboxylic acids is 1. The molecule has 0 bridgehead atoms. The van der Waals surface area contributed by atoms with Gasteiger partial charge in [-0.2, -0.15) is 0 Å². The average Bonchev–Trinajstić information content (AvgIpc) is 3.04. The number of hydrogen-bond donors (Lipinski definition) is 0. The highest BCUT2D eigenvalue weighted by Gasteiger charge is 2.44. The fraction of sp³-hybridized carbons (Fsp3) is 0.450. The van der Waals surface area contributed by atoms with Gasteiger partial charge in [-0.05, 0) is 42.7 Å². The molecule has 0 saturated heterocycles. The van der Waals surface area contributed by atoms with Crippen molar-refractivity contribution in [2.75, 3.05) is 0 Å². The Balaban J connectivity index is 1.60. The lowest BCUT2D eigenvalue weighted by atomic mass is 9.59. The van der Waals surface area contributed by atoms with Crippen LogP contribution in [0.1, 0.15) is 56.2 Å². The van der Waals surface area contributed by atoms with Gasteiger partial charge in [0.05, 0.1) is 12.2 Å². The van der Waals surface area contributed by atoms with Crippen LogP contribution < -0.4 is 0 Å². The number of rotatable bonds is 3. The smallest absolute Gasteiger partial charge is 0.155 e. The molecule has 4 heteroatoms. The molecule has 2 aliphatic carbocycles. The van der Waals surface area contributed by atoms with Gasteiger partial charge >= 0.3 is 0 Å². The van der Waals surface area contributed by atoms with Crippen LogP contribution in [-0.4, -0.2) is 20.8 Å². The molecular formula is C20H23N3O. The zero-order valence-corrected chi connectivity index (χ0v) is 14.1. The molecule has 1 aromatic heterocycles. The molecule has 0 N–H and O–H groups in total. The lowest BCUT2D eigenvalue weighted by Crippen LogP contribution is -2.35. The molecule has 0 radical (unpaired) electrons. The quantitative estimate of drug-likeness (QED) is 0.861. The van der Waals surface area contributed by atoms with Crippen molar-refractivity contribution in [1.29, 1.82) is 0 Å². The van der Waals surface area contributed by atoms with Gasteiger partial charge in [0.15, 0.2) is 5.78 Å². The first-order valence-corrected chi connectivity index (χ1v) is 8.83. The molecule has 4 rings (SSSR count). The standard InChI is InChI=1S/C20H23N3O/c1-20-11-10-17(24)12-16(20)8-5-9-18(20)19-14-23(22-21-19)13-15-6-3-2-4-7-15/h2-4,6-7,12,14,18H,5,8-11,13H2,1H3/t18-,20+/m1/s1. The van der Waals surface area contributed by atoms with Crippen molar-refractivity contribution in [3.63, 3.8) is 0 Å². The molecule has 0 aliphatic heterocycles. The number of ketones is 1. The van der Waals surface area contributed by atoms with E-state index in [4.69, 9.17) is 0 Å². The molecule has 124 valence electrons. The third-order valence-corrected chi connectivity index (χ3v) is 5.77. The third-order valence-electron chi connectivity index (χ3n) is 5.77. The van der Waals surface area contributed by atoms with Crippen LogP contribution in [0.2, 0.25) is 0 Å². The Kier molecular flexibility index (Phi) is 3.83. The molecule has 0 unspecified atom stereocenters. The van der Waals surface area contributed by atoms with Crippen molar-refractivity contribution in [1.82, 2.24) is 15.0 Å². The van der Waals surface area contributed by atoms with E-state index in [-0.39, 0.29) is 11.2 Å².